The topological polar surface area (TPSA) is 60.9 Å². The predicted octanol–water partition coefficient (Wildman–Crippen LogP) is 2.17. The van der Waals surface area contributed by atoms with Crippen molar-refractivity contribution in [1.82, 2.24) is 9.80 Å². The number of para-hydroxylation sites is 1. The van der Waals surface area contributed by atoms with Gasteiger partial charge in [-0.15, -0.1) is 0 Å². The second-order valence-corrected chi connectivity index (χ2v) is 7.25. The van der Waals surface area contributed by atoms with Gasteiger partial charge in [-0.3, -0.25) is 14.5 Å². The van der Waals surface area contributed by atoms with Crippen molar-refractivity contribution in [2.45, 2.75) is 44.1 Å². The Kier molecular flexibility index (Phi) is 3.78. The lowest BCUT2D eigenvalue weighted by atomic mass is 9.81. The summed E-state index contributed by atoms with van der Waals surface area (Å²) in [6, 6.07) is 7.46. The van der Waals surface area contributed by atoms with Gasteiger partial charge < -0.3 is 9.80 Å². The minimum atomic E-state index is -0.724. The third-order valence-corrected chi connectivity index (χ3v) is 5.97. The Labute approximate surface area is 147 Å². The minimum Gasteiger partial charge on any atom is -0.313 e. The van der Waals surface area contributed by atoms with E-state index in [4.69, 9.17) is 0 Å². The number of anilines is 1. The summed E-state index contributed by atoms with van der Waals surface area (Å²) in [4.78, 5) is 42.9. The molecule has 3 aliphatic rings. The van der Waals surface area contributed by atoms with Crippen LogP contribution in [0.4, 0.5) is 10.5 Å². The van der Waals surface area contributed by atoms with Gasteiger partial charge in [0, 0.05) is 19.3 Å². The minimum absolute atomic E-state index is 0.169. The number of hydrogen-bond donors (Lipinski definition) is 0. The maximum atomic E-state index is 13.0. The molecule has 6 nitrogen and oxygen atoms in total. The number of hydrogen-bond acceptors (Lipinski definition) is 3. The van der Waals surface area contributed by atoms with Gasteiger partial charge in [-0.05, 0) is 30.9 Å². The largest absolute Gasteiger partial charge is 0.327 e. The summed E-state index contributed by atoms with van der Waals surface area (Å²) < 4.78 is 0. The third kappa shape index (κ3) is 2.34. The van der Waals surface area contributed by atoms with Crippen LogP contribution < -0.4 is 4.90 Å². The van der Waals surface area contributed by atoms with E-state index < -0.39 is 5.54 Å². The van der Waals surface area contributed by atoms with Crippen LogP contribution in [0.1, 0.15) is 37.7 Å². The normalized spacial score (nSPS) is 22.0. The molecule has 25 heavy (non-hydrogen) atoms. The lowest BCUT2D eigenvalue weighted by Crippen LogP contribution is -2.49. The number of likely N-dealkylation sites (N-methyl/N-ethyl adjacent to an activating group) is 1. The molecule has 4 amide bonds. The van der Waals surface area contributed by atoms with Gasteiger partial charge in [0.05, 0.1) is 0 Å². The molecular formula is C19H23N3O3. The van der Waals surface area contributed by atoms with Gasteiger partial charge in [-0.2, -0.15) is 0 Å². The van der Waals surface area contributed by atoms with Crippen LogP contribution >= 0.6 is 0 Å². The fourth-order valence-electron chi connectivity index (χ4n) is 4.49. The van der Waals surface area contributed by atoms with E-state index in [-0.39, 0.29) is 24.4 Å². The number of carbonyl (C=O) groups excluding carboxylic acids is 3. The Morgan fingerprint density at radius 2 is 1.84 bits per heavy atom. The lowest BCUT2D eigenvalue weighted by Gasteiger charge is -2.35. The molecule has 2 heterocycles. The Balaban J connectivity index is 1.54. The summed E-state index contributed by atoms with van der Waals surface area (Å²) in [5, 5.41) is 0. The quantitative estimate of drug-likeness (QED) is 0.775. The molecule has 1 spiro atoms. The van der Waals surface area contributed by atoms with E-state index >= 15 is 0 Å². The molecule has 0 unspecified atom stereocenters. The number of rotatable bonds is 2. The Morgan fingerprint density at radius 3 is 2.60 bits per heavy atom. The average molecular weight is 341 g/mol. The first kappa shape index (κ1) is 16.1. The molecule has 0 aromatic heterocycles. The number of fused-ring (bicyclic) bond motifs is 1. The van der Waals surface area contributed by atoms with Crippen molar-refractivity contribution in [3.8, 4) is 0 Å². The SMILES string of the molecule is CN1C(=O)N(CC(=O)N2CCc3ccccc32)C(=O)C12CCCCC2. The van der Waals surface area contributed by atoms with Crippen LogP contribution in [0.15, 0.2) is 24.3 Å². The molecule has 4 rings (SSSR count). The molecule has 0 bridgehead atoms. The standard InChI is InChI=1S/C19H23N3O3/c1-20-18(25)22(17(24)19(20)10-5-2-6-11-19)13-16(23)21-12-9-14-7-3-4-8-15(14)21/h3-4,7-8H,2,5-6,9-13H2,1H3. The van der Waals surface area contributed by atoms with Crippen molar-refractivity contribution >= 4 is 23.5 Å². The van der Waals surface area contributed by atoms with Crippen LogP contribution in [0, 0.1) is 0 Å². The first-order valence-corrected chi connectivity index (χ1v) is 9.03. The van der Waals surface area contributed by atoms with Gasteiger partial charge in [-0.1, -0.05) is 37.5 Å². The molecular weight excluding hydrogens is 318 g/mol. The molecule has 1 aromatic carbocycles. The summed E-state index contributed by atoms with van der Waals surface area (Å²) in [5.41, 5.74) is 1.31. The number of benzene rings is 1. The first-order valence-electron chi connectivity index (χ1n) is 9.03. The van der Waals surface area contributed by atoms with Crippen molar-refractivity contribution in [3.05, 3.63) is 29.8 Å². The van der Waals surface area contributed by atoms with Crippen molar-refractivity contribution in [1.29, 1.82) is 0 Å². The number of imide groups is 1. The summed E-state index contributed by atoms with van der Waals surface area (Å²) in [6.07, 6.45) is 5.21. The van der Waals surface area contributed by atoms with Gasteiger partial charge in [0.25, 0.3) is 5.91 Å². The number of nitrogens with zero attached hydrogens (tertiary/aromatic N) is 3. The Hall–Kier alpha value is -2.37. The van der Waals surface area contributed by atoms with Gasteiger partial charge in [0.2, 0.25) is 5.91 Å². The van der Waals surface area contributed by atoms with E-state index in [1.165, 1.54) is 0 Å². The van der Waals surface area contributed by atoms with E-state index in [1.54, 1.807) is 16.8 Å². The zero-order valence-corrected chi connectivity index (χ0v) is 14.5. The monoisotopic (exact) mass is 341 g/mol. The number of carbonyl (C=O) groups is 3. The van der Waals surface area contributed by atoms with E-state index in [0.29, 0.717) is 19.4 Å². The van der Waals surface area contributed by atoms with Crippen LogP contribution in [0.5, 0.6) is 0 Å². The van der Waals surface area contributed by atoms with Crippen molar-refractivity contribution in [3.63, 3.8) is 0 Å². The smallest absolute Gasteiger partial charge is 0.313 e. The fourth-order valence-corrected chi connectivity index (χ4v) is 4.49. The average Bonchev–Trinajstić information content (AvgIpc) is 3.14. The van der Waals surface area contributed by atoms with Crippen LogP contribution in [-0.2, 0) is 16.0 Å². The summed E-state index contributed by atoms with van der Waals surface area (Å²) in [6.45, 7) is 0.438. The van der Waals surface area contributed by atoms with Gasteiger partial charge in [0.15, 0.2) is 0 Å². The zero-order chi connectivity index (χ0) is 17.6. The lowest BCUT2D eigenvalue weighted by molar-refractivity contribution is -0.136. The van der Waals surface area contributed by atoms with Crippen LogP contribution in [0.25, 0.3) is 0 Å². The molecule has 132 valence electrons. The van der Waals surface area contributed by atoms with Crippen LogP contribution in [0.2, 0.25) is 0 Å². The zero-order valence-electron chi connectivity index (χ0n) is 14.5. The summed E-state index contributed by atoms with van der Waals surface area (Å²) in [5.74, 6) is -0.381. The third-order valence-electron chi connectivity index (χ3n) is 5.97. The van der Waals surface area contributed by atoms with E-state index in [0.717, 1.165) is 41.8 Å². The van der Waals surface area contributed by atoms with E-state index in [2.05, 4.69) is 0 Å². The fraction of sp³-hybridized carbons (Fsp3) is 0.526. The number of urea groups is 1. The highest BCUT2D eigenvalue weighted by molar-refractivity contribution is 6.10. The van der Waals surface area contributed by atoms with E-state index in [1.807, 2.05) is 24.3 Å². The molecule has 1 saturated heterocycles. The Morgan fingerprint density at radius 1 is 1.12 bits per heavy atom. The van der Waals surface area contributed by atoms with Crippen molar-refractivity contribution in [2.75, 3.05) is 25.0 Å². The molecule has 0 N–H and O–H groups in total. The maximum Gasteiger partial charge on any atom is 0.327 e. The Bertz CT molecular complexity index is 739. The summed E-state index contributed by atoms with van der Waals surface area (Å²) in [7, 11) is 1.70. The van der Waals surface area contributed by atoms with Crippen LogP contribution in [0.3, 0.4) is 0 Å². The van der Waals surface area contributed by atoms with Crippen molar-refractivity contribution < 1.29 is 14.4 Å². The van der Waals surface area contributed by atoms with E-state index in [9.17, 15) is 14.4 Å². The molecule has 1 aliphatic carbocycles. The maximum absolute atomic E-state index is 13.0. The molecule has 0 atom stereocenters. The van der Waals surface area contributed by atoms with Gasteiger partial charge in [0.1, 0.15) is 12.1 Å². The summed E-state index contributed by atoms with van der Waals surface area (Å²) >= 11 is 0. The highest BCUT2D eigenvalue weighted by Crippen LogP contribution is 2.39. The highest BCUT2D eigenvalue weighted by atomic mass is 16.2. The molecule has 6 heteroatoms. The second kappa shape index (κ2) is 5.86. The second-order valence-electron chi connectivity index (χ2n) is 7.25. The molecule has 1 saturated carbocycles. The molecule has 1 aromatic rings. The van der Waals surface area contributed by atoms with Gasteiger partial charge in [-0.25, -0.2) is 4.79 Å². The highest BCUT2D eigenvalue weighted by Gasteiger charge is 2.56. The first-order chi connectivity index (χ1) is 12.0. The van der Waals surface area contributed by atoms with Crippen LogP contribution in [-0.4, -0.2) is 53.3 Å². The predicted molar refractivity (Wildman–Crippen MR) is 93.2 cm³/mol. The molecule has 0 radical (unpaired) electrons. The molecule has 2 fully saturated rings. The number of amides is 4. The van der Waals surface area contributed by atoms with Crippen molar-refractivity contribution in [2.24, 2.45) is 0 Å². The molecule has 2 aliphatic heterocycles. The van der Waals surface area contributed by atoms with Gasteiger partial charge >= 0.3 is 6.03 Å².